The molecule has 5 rings (SSSR count). The first kappa shape index (κ1) is 33.6. The number of methoxy groups -OCH3 is 1. The van der Waals surface area contributed by atoms with Crippen molar-refractivity contribution in [2.24, 2.45) is 0 Å². The Morgan fingerprint density at radius 1 is 1.02 bits per heavy atom. The van der Waals surface area contributed by atoms with Crippen molar-refractivity contribution in [3.05, 3.63) is 78.0 Å². The normalized spacial score (nSPS) is 13.8. The lowest BCUT2D eigenvalue weighted by molar-refractivity contribution is -0.00834. The summed E-state index contributed by atoms with van der Waals surface area (Å²) in [7, 11) is 1.58. The lowest BCUT2D eigenvalue weighted by Crippen LogP contribution is -2.46. The molecule has 3 aromatic carbocycles. The standard InChI is InChI=1S/C36H38F2N4O5/c1-36(2,3)47-35(43)41-28-10-12-42(13-11-28)33-30-18-23(29-7-5-6-24(20-39)34(29)46-22-45-15-14-44-4)8-9-32(30)40-21-31(33)25-16-26(37)19-27(38)17-25/h5-9,16-19,21,28H,10-15,22H2,1-4H3,(H,41,43). The number of nitrogens with one attached hydrogen (secondary N) is 1. The second-order valence-corrected chi connectivity index (χ2v) is 12.3. The van der Waals surface area contributed by atoms with E-state index in [9.17, 15) is 18.8 Å². The van der Waals surface area contributed by atoms with Gasteiger partial charge in [-0.3, -0.25) is 4.98 Å². The van der Waals surface area contributed by atoms with Crippen LogP contribution in [0.25, 0.3) is 33.2 Å². The van der Waals surface area contributed by atoms with Crippen molar-refractivity contribution in [1.82, 2.24) is 10.3 Å². The number of rotatable bonds is 10. The zero-order valence-electron chi connectivity index (χ0n) is 26.9. The topological polar surface area (TPSA) is 106 Å². The maximum Gasteiger partial charge on any atom is 0.407 e. The average Bonchev–Trinajstić information content (AvgIpc) is 3.03. The lowest BCUT2D eigenvalue weighted by atomic mass is 9.95. The molecule has 4 aromatic rings. The molecule has 246 valence electrons. The Morgan fingerprint density at radius 2 is 1.77 bits per heavy atom. The van der Waals surface area contributed by atoms with E-state index in [1.165, 1.54) is 12.1 Å². The van der Waals surface area contributed by atoms with E-state index in [1.54, 1.807) is 25.4 Å². The number of para-hydroxylation sites is 1. The summed E-state index contributed by atoms with van der Waals surface area (Å²) < 4.78 is 50.9. The van der Waals surface area contributed by atoms with E-state index in [2.05, 4.69) is 21.3 Å². The van der Waals surface area contributed by atoms with Gasteiger partial charge >= 0.3 is 6.09 Å². The number of amides is 1. The van der Waals surface area contributed by atoms with Crippen LogP contribution in [0.2, 0.25) is 0 Å². The second-order valence-electron chi connectivity index (χ2n) is 12.3. The first-order valence-electron chi connectivity index (χ1n) is 15.4. The summed E-state index contributed by atoms with van der Waals surface area (Å²) in [5, 5.41) is 13.6. The van der Waals surface area contributed by atoms with E-state index in [1.807, 2.05) is 45.0 Å². The molecule has 1 fully saturated rings. The molecule has 1 N–H and O–H groups in total. The maximum atomic E-state index is 14.5. The molecular weight excluding hydrogens is 606 g/mol. The molecule has 1 aliphatic rings. The molecule has 0 atom stereocenters. The third-order valence-corrected chi connectivity index (χ3v) is 7.71. The van der Waals surface area contributed by atoms with Gasteiger partial charge in [0, 0.05) is 55.0 Å². The van der Waals surface area contributed by atoms with E-state index >= 15 is 0 Å². The van der Waals surface area contributed by atoms with Gasteiger partial charge in [0.15, 0.2) is 6.79 Å². The van der Waals surface area contributed by atoms with Gasteiger partial charge in [0.25, 0.3) is 0 Å². The van der Waals surface area contributed by atoms with E-state index < -0.39 is 23.3 Å². The summed E-state index contributed by atoms with van der Waals surface area (Å²) in [6, 6.07) is 16.6. The highest BCUT2D eigenvalue weighted by Gasteiger charge is 2.27. The van der Waals surface area contributed by atoms with Crippen LogP contribution in [0.5, 0.6) is 5.75 Å². The van der Waals surface area contributed by atoms with Crippen LogP contribution >= 0.6 is 0 Å². The molecule has 1 amide bonds. The minimum Gasteiger partial charge on any atom is -0.466 e. The summed E-state index contributed by atoms with van der Waals surface area (Å²) in [5.41, 5.74) is 3.54. The third kappa shape index (κ3) is 8.33. The van der Waals surface area contributed by atoms with Gasteiger partial charge in [-0.25, -0.2) is 13.6 Å². The van der Waals surface area contributed by atoms with Gasteiger partial charge in [-0.15, -0.1) is 0 Å². The van der Waals surface area contributed by atoms with Gasteiger partial charge in [0.2, 0.25) is 0 Å². The summed E-state index contributed by atoms with van der Waals surface area (Å²) in [5.74, 6) is -1.01. The summed E-state index contributed by atoms with van der Waals surface area (Å²) in [6.45, 7) is 7.24. The molecule has 1 aromatic heterocycles. The van der Waals surface area contributed by atoms with Gasteiger partial charge in [0.05, 0.1) is 30.0 Å². The average molecular weight is 645 g/mol. The molecule has 1 saturated heterocycles. The van der Waals surface area contributed by atoms with Crippen molar-refractivity contribution >= 4 is 22.7 Å². The summed E-state index contributed by atoms with van der Waals surface area (Å²) >= 11 is 0. The number of carbonyl (C=O) groups excluding carboxylic acids is 1. The molecule has 0 bridgehead atoms. The quantitative estimate of drug-likeness (QED) is 0.143. The molecule has 0 unspecified atom stereocenters. The van der Waals surface area contributed by atoms with Crippen molar-refractivity contribution in [3.63, 3.8) is 0 Å². The molecule has 0 radical (unpaired) electrons. The number of alkyl carbamates (subject to hydrolysis) is 1. The van der Waals surface area contributed by atoms with E-state index in [4.69, 9.17) is 18.9 Å². The highest BCUT2D eigenvalue weighted by atomic mass is 19.1. The van der Waals surface area contributed by atoms with Gasteiger partial charge in [-0.05, 0) is 75.1 Å². The molecule has 47 heavy (non-hydrogen) atoms. The fraction of sp³-hybridized carbons (Fsp3) is 0.361. The van der Waals surface area contributed by atoms with Gasteiger partial charge < -0.3 is 29.2 Å². The smallest absolute Gasteiger partial charge is 0.407 e. The van der Waals surface area contributed by atoms with Crippen LogP contribution in [-0.2, 0) is 14.2 Å². The predicted molar refractivity (Wildman–Crippen MR) is 175 cm³/mol. The van der Waals surface area contributed by atoms with Crippen LogP contribution in [0.3, 0.4) is 0 Å². The largest absolute Gasteiger partial charge is 0.466 e. The van der Waals surface area contributed by atoms with Crippen LogP contribution in [0.1, 0.15) is 39.2 Å². The number of carbonyl (C=O) groups is 1. The van der Waals surface area contributed by atoms with Gasteiger partial charge in [-0.1, -0.05) is 18.2 Å². The number of piperidine rings is 1. The predicted octanol–water partition coefficient (Wildman–Crippen LogP) is 7.21. The first-order chi connectivity index (χ1) is 22.6. The van der Waals surface area contributed by atoms with Crippen molar-refractivity contribution < 1.29 is 32.5 Å². The molecular formula is C36H38F2N4O5. The molecule has 0 aliphatic carbocycles. The Hall–Kier alpha value is -4.79. The Morgan fingerprint density at radius 3 is 2.45 bits per heavy atom. The summed E-state index contributed by atoms with van der Waals surface area (Å²) in [4.78, 5) is 19.3. The molecule has 9 nitrogen and oxygen atoms in total. The molecule has 2 heterocycles. The zero-order chi connectivity index (χ0) is 33.6. The molecule has 11 heteroatoms. The number of ether oxygens (including phenoxy) is 4. The van der Waals surface area contributed by atoms with E-state index in [0.29, 0.717) is 72.7 Å². The van der Waals surface area contributed by atoms with Crippen molar-refractivity contribution in [2.45, 2.75) is 45.3 Å². The van der Waals surface area contributed by atoms with E-state index in [0.717, 1.165) is 22.7 Å². The fourth-order valence-corrected chi connectivity index (χ4v) is 5.64. The van der Waals surface area contributed by atoms with Gasteiger partial charge in [-0.2, -0.15) is 5.26 Å². The van der Waals surface area contributed by atoms with Crippen molar-refractivity contribution in [1.29, 1.82) is 5.26 Å². The number of aromatic nitrogens is 1. The number of halogens is 2. The fourth-order valence-electron chi connectivity index (χ4n) is 5.64. The van der Waals surface area contributed by atoms with Crippen LogP contribution < -0.4 is 15.0 Å². The first-order valence-corrected chi connectivity index (χ1v) is 15.4. The second kappa shape index (κ2) is 14.8. The number of hydrogen-bond acceptors (Lipinski definition) is 8. The van der Waals surface area contributed by atoms with E-state index in [-0.39, 0.29) is 12.8 Å². The highest BCUT2D eigenvalue weighted by Crippen LogP contribution is 2.41. The van der Waals surface area contributed by atoms with Crippen molar-refractivity contribution in [3.8, 4) is 34.1 Å². The molecule has 1 aliphatic heterocycles. The SMILES string of the molecule is COCCOCOc1c(C#N)cccc1-c1ccc2ncc(-c3cc(F)cc(F)c3)c(N3CCC(NC(=O)OC(C)(C)C)CC3)c2c1. The number of benzene rings is 3. The number of anilines is 1. The van der Waals surface area contributed by atoms with Crippen LogP contribution in [0, 0.1) is 23.0 Å². The highest BCUT2D eigenvalue weighted by molar-refractivity contribution is 6.02. The Kier molecular flexibility index (Phi) is 10.5. The third-order valence-electron chi connectivity index (χ3n) is 7.71. The number of nitrogens with zero attached hydrogens (tertiary/aromatic N) is 3. The minimum atomic E-state index is -0.692. The number of pyridine rings is 1. The number of nitriles is 1. The van der Waals surface area contributed by atoms with Crippen molar-refractivity contribution in [2.75, 3.05) is 45.1 Å². The summed E-state index contributed by atoms with van der Waals surface area (Å²) in [6.07, 6.45) is 2.43. The Balaban J connectivity index is 1.55. The Bertz CT molecular complexity index is 1760. The maximum absolute atomic E-state index is 14.5. The van der Waals surface area contributed by atoms with Gasteiger partial charge in [0.1, 0.15) is 29.1 Å². The monoisotopic (exact) mass is 644 g/mol. The molecule has 0 saturated carbocycles. The van der Waals surface area contributed by atoms with Crippen LogP contribution in [0.15, 0.2) is 60.8 Å². The number of fused-ring (bicyclic) bond motifs is 1. The Labute approximate surface area is 273 Å². The zero-order valence-corrected chi connectivity index (χ0v) is 26.9. The lowest BCUT2D eigenvalue weighted by Gasteiger charge is -2.36. The van der Waals surface area contributed by atoms with Crippen LogP contribution in [-0.4, -0.2) is 62.9 Å². The number of hydrogen-bond donors (Lipinski definition) is 1. The van der Waals surface area contributed by atoms with Crippen LogP contribution in [0.4, 0.5) is 19.3 Å². The molecule has 0 spiro atoms. The minimum absolute atomic E-state index is 0.0724.